The van der Waals surface area contributed by atoms with Gasteiger partial charge in [0.15, 0.2) is 6.20 Å². The Morgan fingerprint density at radius 2 is 1.71 bits per heavy atom. The molecule has 1 saturated heterocycles. The number of amides is 1. The van der Waals surface area contributed by atoms with Crippen molar-refractivity contribution < 1.29 is 18.3 Å². The van der Waals surface area contributed by atoms with E-state index >= 15 is 0 Å². The van der Waals surface area contributed by atoms with E-state index in [4.69, 9.17) is 0 Å². The van der Waals surface area contributed by atoms with Gasteiger partial charge < -0.3 is 10.1 Å². The number of likely N-dealkylation sites (tertiary alicyclic amines) is 1. The van der Waals surface area contributed by atoms with Gasteiger partial charge in [-0.2, -0.15) is 4.73 Å². The molecule has 1 aliphatic rings. The lowest BCUT2D eigenvalue weighted by Crippen LogP contribution is -2.42. The average molecular weight is 418 g/mol. The molecule has 0 radical (unpaired) electrons. The third-order valence-electron chi connectivity index (χ3n) is 5.98. The van der Waals surface area contributed by atoms with E-state index in [1.807, 2.05) is 48.5 Å². The van der Waals surface area contributed by atoms with Crippen LogP contribution in [-0.2, 0) is 0 Å². The van der Waals surface area contributed by atoms with Gasteiger partial charge in [-0.05, 0) is 52.2 Å². The summed E-state index contributed by atoms with van der Waals surface area (Å²) in [7, 11) is 0. The van der Waals surface area contributed by atoms with Crippen molar-refractivity contribution in [3.8, 4) is 11.1 Å². The van der Waals surface area contributed by atoms with Crippen LogP contribution in [0.4, 0.5) is 8.78 Å². The number of hydrogen-bond acceptors (Lipinski definition) is 2. The van der Waals surface area contributed by atoms with E-state index in [1.165, 1.54) is 11.1 Å². The number of aromatic nitrogens is 1. The van der Waals surface area contributed by atoms with E-state index in [0.29, 0.717) is 11.1 Å². The fourth-order valence-corrected chi connectivity index (χ4v) is 4.25. The number of nitrogens with zero attached hydrogens (tertiary/aromatic N) is 2. The highest BCUT2D eigenvalue weighted by Gasteiger charge is 2.35. The highest BCUT2D eigenvalue weighted by Crippen LogP contribution is 2.32. The highest BCUT2D eigenvalue weighted by molar-refractivity contribution is 6.03. The minimum Gasteiger partial charge on any atom is -0.618 e. The lowest BCUT2D eigenvalue weighted by atomic mass is 9.95. The molecule has 6 heteroatoms. The summed E-state index contributed by atoms with van der Waals surface area (Å²) < 4.78 is 27.7. The molecular formula is C25H20F2N2O2. The predicted molar refractivity (Wildman–Crippen MR) is 116 cm³/mol. The Balaban J connectivity index is 1.50. The molecule has 1 fully saturated rings. The van der Waals surface area contributed by atoms with Crippen molar-refractivity contribution in [2.24, 2.45) is 0 Å². The van der Waals surface area contributed by atoms with Crippen LogP contribution in [-0.4, -0.2) is 29.8 Å². The molecule has 0 N–H and O–H groups in total. The third-order valence-corrected chi connectivity index (χ3v) is 5.98. The van der Waals surface area contributed by atoms with Crippen molar-refractivity contribution in [1.29, 1.82) is 0 Å². The van der Waals surface area contributed by atoms with Crippen LogP contribution in [0.3, 0.4) is 0 Å². The molecule has 0 unspecified atom stereocenters. The van der Waals surface area contributed by atoms with E-state index in [0.717, 1.165) is 32.0 Å². The quantitative estimate of drug-likeness (QED) is 0.333. The van der Waals surface area contributed by atoms with Crippen molar-refractivity contribution >= 4 is 27.6 Å². The zero-order valence-corrected chi connectivity index (χ0v) is 16.7. The number of alkyl halides is 2. The fourth-order valence-electron chi connectivity index (χ4n) is 4.25. The van der Waals surface area contributed by atoms with Crippen LogP contribution in [0.2, 0.25) is 0 Å². The molecule has 0 saturated carbocycles. The number of carbonyl (C=O) groups is 1. The predicted octanol–water partition coefficient (Wildman–Crippen LogP) is 5.16. The summed E-state index contributed by atoms with van der Waals surface area (Å²) in [4.78, 5) is 14.3. The molecule has 0 atom stereocenters. The maximum absolute atomic E-state index is 13.4. The summed E-state index contributed by atoms with van der Waals surface area (Å²) >= 11 is 0. The van der Waals surface area contributed by atoms with Crippen LogP contribution in [0.1, 0.15) is 23.2 Å². The molecule has 1 amide bonds. The Kier molecular flexibility index (Phi) is 4.58. The maximum atomic E-state index is 13.4. The minimum atomic E-state index is -2.68. The van der Waals surface area contributed by atoms with E-state index in [1.54, 1.807) is 18.2 Å². The van der Waals surface area contributed by atoms with Crippen LogP contribution in [0.5, 0.6) is 0 Å². The number of carbonyl (C=O) groups excluding carboxylic acids is 1. The van der Waals surface area contributed by atoms with Gasteiger partial charge in [-0.15, -0.1) is 0 Å². The first-order chi connectivity index (χ1) is 14.9. The first-order valence-electron chi connectivity index (χ1n) is 10.2. The lowest BCUT2D eigenvalue weighted by Gasteiger charge is -2.31. The van der Waals surface area contributed by atoms with Gasteiger partial charge >= 0.3 is 0 Å². The molecule has 5 rings (SSSR count). The van der Waals surface area contributed by atoms with Gasteiger partial charge in [0.1, 0.15) is 0 Å². The van der Waals surface area contributed by atoms with Crippen molar-refractivity contribution in [1.82, 2.24) is 4.90 Å². The molecule has 0 aliphatic carbocycles. The SMILES string of the molecule is O=C(c1ccc2c(-c3ccc4c(ccc[n+]4[O-])c3)cccc2c1)N1CCC(F)(F)CC1. The number of piperidine rings is 1. The Labute approximate surface area is 177 Å². The Morgan fingerprint density at radius 3 is 2.52 bits per heavy atom. The normalized spacial score (nSPS) is 16.0. The number of rotatable bonds is 2. The summed E-state index contributed by atoms with van der Waals surface area (Å²) in [5, 5.41) is 14.7. The van der Waals surface area contributed by atoms with E-state index in [-0.39, 0.29) is 31.8 Å². The lowest BCUT2D eigenvalue weighted by molar-refractivity contribution is -0.577. The van der Waals surface area contributed by atoms with Gasteiger partial charge in [-0.1, -0.05) is 24.3 Å². The summed E-state index contributed by atoms with van der Waals surface area (Å²) in [5.41, 5.74) is 3.08. The molecule has 2 heterocycles. The number of benzene rings is 3. The summed E-state index contributed by atoms with van der Waals surface area (Å²) in [6, 6.07) is 20.7. The topological polar surface area (TPSA) is 47.2 Å². The fraction of sp³-hybridized carbons (Fsp3) is 0.200. The van der Waals surface area contributed by atoms with Gasteiger partial charge in [0.05, 0.1) is 0 Å². The zero-order valence-electron chi connectivity index (χ0n) is 16.7. The molecular weight excluding hydrogens is 398 g/mol. The van der Waals surface area contributed by atoms with Gasteiger partial charge in [0.2, 0.25) is 5.52 Å². The standard InChI is InChI=1S/C25H20F2N2O2/c26-25(27)10-13-28(14-11-25)24(30)20-6-8-22-17(16-20)3-1-5-21(22)18-7-9-23-19(15-18)4-2-12-29(23)31/h1-9,12,15-16H,10-11,13-14H2. The first-order valence-corrected chi connectivity index (χ1v) is 10.2. The van der Waals surface area contributed by atoms with Gasteiger partial charge in [0.25, 0.3) is 11.8 Å². The third kappa shape index (κ3) is 3.58. The molecule has 0 spiro atoms. The van der Waals surface area contributed by atoms with Crippen LogP contribution >= 0.6 is 0 Å². The number of fused-ring (bicyclic) bond motifs is 2. The van der Waals surface area contributed by atoms with Crippen LogP contribution in [0.15, 0.2) is 72.9 Å². The van der Waals surface area contributed by atoms with Crippen molar-refractivity contribution in [3.63, 3.8) is 0 Å². The number of halogens is 2. The van der Waals surface area contributed by atoms with Gasteiger partial charge in [-0.3, -0.25) is 4.79 Å². The van der Waals surface area contributed by atoms with Gasteiger partial charge in [0, 0.05) is 49.0 Å². The summed E-state index contributed by atoms with van der Waals surface area (Å²) in [6.07, 6.45) is 0.894. The molecule has 31 heavy (non-hydrogen) atoms. The molecule has 0 bridgehead atoms. The monoisotopic (exact) mass is 418 g/mol. The maximum Gasteiger partial charge on any atom is 0.253 e. The van der Waals surface area contributed by atoms with Crippen LogP contribution < -0.4 is 4.73 Å². The van der Waals surface area contributed by atoms with Crippen molar-refractivity contribution in [3.05, 3.63) is 83.7 Å². The van der Waals surface area contributed by atoms with E-state index in [2.05, 4.69) is 0 Å². The Bertz CT molecular complexity index is 1310. The van der Waals surface area contributed by atoms with Crippen LogP contribution in [0.25, 0.3) is 32.8 Å². The largest absolute Gasteiger partial charge is 0.618 e. The van der Waals surface area contributed by atoms with Gasteiger partial charge in [-0.25, -0.2) is 8.78 Å². The summed E-state index contributed by atoms with van der Waals surface area (Å²) in [6.45, 7) is 0.140. The number of hydrogen-bond donors (Lipinski definition) is 0. The Hall–Kier alpha value is -3.54. The molecule has 156 valence electrons. The Morgan fingerprint density at radius 1 is 0.935 bits per heavy atom. The molecule has 1 aliphatic heterocycles. The molecule has 1 aromatic heterocycles. The van der Waals surface area contributed by atoms with Crippen molar-refractivity contribution in [2.75, 3.05) is 13.1 Å². The second-order valence-corrected chi connectivity index (χ2v) is 8.00. The highest BCUT2D eigenvalue weighted by atomic mass is 19.3. The number of pyridine rings is 1. The minimum absolute atomic E-state index is 0.0702. The van der Waals surface area contributed by atoms with Crippen LogP contribution in [0, 0.1) is 5.21 Å². The zero-order chi connectivity index (χ0) is 21.6. The molecule has 3 aromatic carbocycles. The average Bonchev–Trinajstić information content (AvgIpc) is 2.78. The second-order valence-electron chi connectivity index (χ2n) is 8.00. The van der Waals surface area contributed by atoms with E-state index in [9.17, 15) is 18.8 Å². The van der Waals surface area contributed by atoms with Crippen molar-refractivity contribution in [2.45, 2.75) is 18.8 Å². The molecule has 4 nitrogen and oxygen atoms in total. The smallest absolute Gasteiger partial charge is 0.253 e. The second kappa shape index (κ2) is 7.30. The molecule has 4 aromatic rings. The van der Waals surface area contributed by atoms with E-state index < -0.39 is 5.92 Å². The first kappa shape index (κ1) is 19.4. The summed E-state index contributed by atoms with van der Waals surface area (Å²) in [5.74, 6) is -2.89.